The zero-order chi connectivity index (χ0) is 23.2. The van der Waals surface area contributed by atoms with Crippen LogP contribution in [0.1, 0.15) is 26.5 Å². The van der Waals surface area contributed by atoms with Crippen molar-refractivity contribution in [3.05, 3.63) is 72.4 Å². The Morgan fingerprint density at radius 3 is 2.42 bits per heavy atom. The van der Waals surface area contributed by atoms with E-state index in [0.717, 1.165) is 27.6 Å². The van der Waals surface area contributed by atoms with Gasteiger partial charge in [0.2, 0.25) is 0 Å². The van der Waals surface area contributed by atoms with Crippen LogP contribution in [-0.4, -0.2) is 37.9 Å². The van der Waals surface area contributed by atoms with Gasteiger partial charge in [-0.2, -0.15) is 5.10 Å². The molecule has 0 radical (unpaired) electrons. The smallest absolute Gasteiger partial charge is 0.410 e. The van der Waals surface area contributed by atoms with Crippen molar-refractivity contribution in [3.63, 3.8) is 0 Å². The first-order chi connectivity index (χ1) is 15.8. The Hall–Kier alpha value is -3.74. The molecule has 33 heavy (non-hydrogen) atoms. The van der Waals surface area contributed by atoms with E-state index in [4.69, 9.17) is 9.84 Å². The summed E-state index contributed by atoms with van der Waals surface area (Å²) in [5.74, 6) is -0.330. The highest BCUT2D eigenvalue weighted by atomic mass is 19.1. The maximum atomic E-state index is 15.3. The summed E-state index contributed by atoms with van der Waals surface area (Å²) < 4.78 is 22.8. The lowest BCUT2D eigenvalue weighted by Crippen LogP contribution is -2.41. The fourth-order valence-corrected chi connectivity index (χ4v) is 4.20. The molecule has 168 valence electrons. The maximum Gasteiger partial charge on any atom is 0.410 e. The molecule has 0 bridgehead atoms. The van der Waals surface area contributed by atoms with Crippen LogP contribution in [0.4, 0.5) is 9.18 Å². The molecule has 0 saturated carbocycles. The van der Waals surface area contributed by atoms with Crippen LogP contribution in [0.25, 0.3) is 33.2 Å². The molecule has 4 aromatic rings. The number of benzene rings is 2. The fourth-order valence-electron chi connectivity index (χ4n) is 4.20. The van der Waals surface area contributed by atoms with E-state index in [0.29, 0.717) is 30.9 Å². The van der Waals surface area contributed by atoms with Gasteiger partial charge in [-0.1, -0.05) is 24.3 Å². The van der Waals surface area contributed by atoms with Gasteiger partial charge in [-0.3, -0.25) is 9.67 Å². The molecule has 1 aliphatic rings. The predicted molar refractivity (Wildman–Crippen MR) is 125 cm³/mol. The van der Waals surface area contributed by atoms with Crippen LogP contribution in [0.3, 0.4) is 0 Å². The highest BCUT2D eigenvalue weighted by Crippen LogP contribution is 2.38. The van der Waals surface area contributed by atoms with Crippen molar-refractivity contribution < 1.29 is 13.9 Å². The zero-order valence-electron chi connectivity index (χ0n) is 18.9. The molecule has 0 fully saturated rings. The lowest BCUT2D eigenvalue weighted by atomic mass is 9.97. The lowest BCUT2D eigenvalue weighted by molar-refractivity contribution is 0.0195. The van der Waals surface area contributed by atoms with Gasteiger partial charge in [-0.05, 0) is 61.4 Å². The molecule has 0 spiro atoms. The molecular weight excluding hydrogens is 419 g/mol. The van der Waals surface area contributed by atoms with Gasteiger partial charge in [0.1, 0.15) is 17.1 Å². The van der Waals surface area contributed by atoms with Gasteiger partial charge in [-0.25, -0.2) is 9.18 Å². The molecule has 0 atom stereocenters. The van der Waals surface area contributed by atoms with Crippen molar-refractivity contribution in [1.82, 2.24) is 19.7 Å². The summed E-state index contributed by atoms with van der Waals surface area (Å²) in [6, 6.07) is 14.8. The molecule has 5 rings (SSSR count). The normalized spacial score (nSPS) is 13.8. The molecule has 0 unspecified atom stereocenters. The van der Waals surface area contributed by atoms with Crippen LogP contribution in [0.15, 0.2) is 60.9 Å². The highest BCUT2D eigenvalue weighted by molar-refractivity contribution is 5.91. The number of rotatable bonds is 2. The van der Waals surface area contributed by atoms with Gasteiger partial charge in [0.15, 0.2) is 0 Å². The van der Waals surface area contributed by atoms with Gasteiger partial charge < -0.3 is 9.64 Å². The highest BCUT2D eigenvalue weighted by Gasteiger charge is 2.31. The van der Waals surface area contributed by atoms with E-state index < -0.39 is 5.60 Å². The average molecular weight is 445 g/mol. The van der Waals surface area contributed by atoms with Crippen LogP contribution in [0.2, 0.25) is 0 Å². The number of pyridine rings is 1. The van der Waals surface area contributed by atoms with Crippen molar-refractivity contribution in [2.75, 3.05) is 6.54 Å². The predicted octanol–water partition coefficient (Wildman–Crippen LogP) is 5.66. The minimum absolute atomic E-state index is 0.328. The second-order valence-electron chi connectivity index (χ2n) is 9.21. The molecule has 2 aromatic carbocycles. The fraction of sp³-hybridized carbons (Fsp3) is 0.269. The maximum absolute atomic E-state index is 15.3. The number of ether oxygens (including phenoxy) is 1. The van der Waals surface area contributed by atoms with Crippen molar-refractivity contribution in [3.8, 4) is 22.4 Å². The molecule has 0 aliphatic carbocycles. The minimum Gasteiger partial charge on any atom is -0.444 e. The largest absolute Gasteiger partial charge is 0.444 e. The van der Waals surface area contributed by atoms with Crippen molar-refractivity contribution in [2.45, 2.75) is 39.5 Å². The van der Waals surface area contributed by atoms with E-state index in [-0.39, 0.29) is 11.9 Å². The Kier molecular flexibility index (Phi) is 5.12. The van der Waals surface area contributed by atoms with Gasteiger partial charge >= 0.3 is 6.09 Å². The second-order valence-corrected chi connectivity index (χ2v) is 9.21. The Balaban J connectivity index is 1.64. The molecule has 7 heteroatoms. The molecule has 1 amide bonds. The molecule has 0 N–H and O–H groups in total. The number of carbonyl (C=O) groups is 1. The van der Waals surface area contributed by atoms with Crippen LogP contribution < -0.4 is 0 Å². The molecular formula is C26H25FN4O2. The van der Waals surface area contributed by atoms with Gasteiger partial charge in [0, 0.05) is 30.1 Å². The van der Waals surface area contributed by atoms with E-state index in [2.05, 4.69) is 4.98 Å². The average Bonchev–Trinajstić information content (AvgIpc) is 3.16. The van der Waals surface area contributed by atoms with E-state index >= 15 is 4.39 Å². The molecule has 6 nitrogen and oxygen atoms in total. The first-order valence-corrected chi connectivity index (χ1v) is 11.0. The number of carbonyl (C=O) groups excluding carboxylic acids is 1. The van der Waals surface area contributed by atoms with Crippen molar-refractivity contribution in [2.24, 2.45) is 0 Å². The quantitative estimate of drug-likeness (QED) is 0.401. The third-order valence-corrected chi connectivity index (χ3v) is 5.69. The standard InChI is InChI=1S/C26H25FN4O2/c1-26(2,3)33-25(32)30-12-13-31-22(16-30)23(17-8-10-28-11-9-17)24(29-31)20-14-18-6-4-5-7-19(18)15-21(20)27/h4-11,14-15H,12-13,16H2,1-3H3. The van der Waals surface area contributed by atoms with E-state index in [9.17, 15) is 4.79 Å². The number of amides is 1. The summed E-state index contributed by atoms with van der Waals surface area (Å²) in [5, 5.41) is 6.59. The number of nitrogens with zero attached hydrogens (tertiary/aromatic N) is 4. The van der Waals surface area contributed by atoms with Gasteiger partial charge in [0.05, 0.1) is 18.8 Å². The Morgan fingerprint density at radius 1 is 1.03 bits per heavy atom. The SMILES string of the molecule is CC(C)(C)OC(=O)N1CCn2nc(-c3cc4ccccc4cc3F)c(-c3ccncc3)c2C1. The van der Waals surface area contributed by atoms with Crippen molar-refractivity contribution >= 4 is 16.9 Å². The molecule has 2 aromatic heterocycles. The monoisotopic (exact) mass is 444 g/mol. The summed E-state index contributed by atoms with van der Waals surface area (Å²) in [4.78, 5) is 18.6. The number of aromatic nitrogens is 3. The summed E-state index contributed by atoms with van der Waals surface area (Å²) in [7, 11) is 0. The van der Waals surface area contributed by atoms with E-state index in [1.807, 2.05) is 67.9 Å². The summed E-state index contributed by atoms with van der Waals surface area (Å²) in [6.45, 7) is 6.85. The van der Waals surface area contributed by atoms with Crippen LogP contribution in [0, 0.1) is 5.82 Å². The zero-order valence-corrected chi connectivity index (χ0v) is 18.9. The second kappa shape index (κ2) is 7.99. The molecule has 0 saturated heterocycles. The van der Waals surface area contributed by atoms with E-state index in [1.54, 1.807) is 23.4 Å². The topological polar surface area (TPSA) is 60.2 Å². The summed E-state index contributed by atoms with van der Waals surface area (Å²) in [6.07, 6.45) is 3.04. The molecule has 3 heterocycles. The minimum atomic E-state index is -0.581. The summed E-state index contributed by atoms with van der Waals surface area (Å²) >= 11 is 0. The number of hydrogen-bond donors (Lipinski definition) is 0. The third-order valence-electron chi connectivity index (χ3n) is 5.69. The Morgan fingerprint density at radius 2 is 1.73 bits per heavy atom. The van der Waals surface area contributed by atoms with Crippen LogP contribution >= 0.6 is 0 Å². The number of halogens is 1. The first-order valence-electron chi connectivity index (χ1n) is 11.0. The molecule has 1 aliphatic heterocycles. The van der Waals surface area contributed by atoms with E-state index in [1.165, 1.54) is 0 Å². The first kappa shape index (κ1) is 21.1. The third kappa shape index (κ3) is 4.06. The Labute approximate surface area is 191 Å². The number of fused-ring (bicyclic) bond motifs is 2. The lowest BCUT2D eigenvalue weighted by Gasteiger charge is -2.30. The summed E-state index contributed by atoms with van der Waals surface area (Å²) in [5.41, 5.74) is 2.94. The van der Waals surface area contributed by atoms with Gasteiger partial charge in [-0.15, -0.1) is 0 Å². The van der Waals surface area contributed by atoms with Crippen molar-refractivity contribution in [1.29, 1.82) is 0 Å². The Bertz CT molecular complexity index is 1340. The van der Waals surface area contributed by atoms with Crippen LogP contribution in [-0.2, 0) is 17.8 Å². The van der Waals surface area contributed by atoms with Crippen LogP contribution in [0.5, 0.6) is 0 Å². The number of hydrogen-bond acceptors (Lipinski definition) is 4. The van der Waals surface area contributed by atoms with Gasteiger partial charge in [0.25, 0.3) is 0 Å².